The van der Waals surface area contributed by atoms with Gasteiger partial charge in [0.1, 0.15) is 0 Å². The number of nitro benzene ring substituents is 1. The molecule has 1 fully saturated rings. The molecule has 1 aliphatic heterocycles. The molecule has 1 heterocycles. The van der Waals surface area contributed by atoms with E-state index in [2.05, 4.69) is 9.64 Å². The number of rotatable bonds is 7. The molecule has 0 amide bonds. The van der Waals surface area contributed by atoms with E-state index < -0.39 is 10.9 Å². The molecule has 1 saturated heterocycles. The van der Waals surface area contributed by atoms with Crippen molar-refractivity contribution < 1.29 is 19.2 Å². The lowest BCUT2D eigenvalue weighted by Gasteiger charge is -2.32. The van der Waals surface area contributed by atoms with Gasteiger partial charge in [-0.3, -0.25) is 15.0 Å². The number of hydrogen-bond donors (Lipinski definition) is 1. The first kappa shape index (κ1) is 18.2. The van der Waals surface area contributed by atoms with Crippen molar-refractivity contribution in [3.63, 3.8) is 0 Å². The average molecular weight is 337 g/mol. The lowest BCUT2D eigenvalue weighted by molar-refractivity contribution is -0.385. The Bertz CT molecular complexity index is 593. The molecular formula is C16H23N3O5. The van der Waals surface area contributed by atoms with Crippen molar-refractivity contribution in [3.05, 3.63) is 33.9 Å². The molecular weight excluding hydrogens is 314 g/mol. The summed E-state index contributed by atoms with van der Waals surface area (Å²) in [7, 11) is 1.23. The van der Waals surface area contributed by atoms with E-state index in [-0.39, 0.29) is 18.0 Å². The highest BCUT2D eigenvalue weighted by Crippen LogP contribution is 2.29. The minimum absolute atomic E-state index is 0.0626. The van der Waals surface area contributed by atoms with Crippen LogP contribution in [0.2, 0.25) is 0 Å². The van der Waals surface area contributed by atoms with Crippen LogP contribution in [0.5, 0.6) is 5.75 Å². The predicted molar refractivity (Wildman–Crippen MR) is 87.7 cm³/mol. The minimum Gasteiger partial charge on any atom is -0.475 e. The summed E-state index contributed by atoms with van der Waals surface area (Å²) in [6.45, 7) is 2.81. The van der Waals surface area contributed by atoms with Gasteiger partial charge in [0.2, 0.25) is 0 Å². The van der Waals surface area contributed by atoms with Crippen LogP contribution in [0, 0.1) is 16.0 Å². The zero-order valence-electron chi connectivity index (χ0n) is 13.8. The lowest BCUT2D eigenvalue weighted by atomic mass is 9.98. The van der Waals surface area contributed by atoms with Crippen molar-refractivity contribution >= 4 is 11.7 Å². The van der Waals surface area contributed by atoms with Crippen LogP contribution in [-0.4, -0.2) is 49.1 Å². The smallest absolute Gasteiger partial charge is 0.343 e. The number of methoxy groups -OCH3 is 1. The summed E-state index contributed by atoms with van der Waals surface area (Å²) < 4.78 is 9.65. The second kappa shape index (κ2) is 8.60. The zero-order chi connectivity index (χ0) is 17.5. The Hall–Kier alpha value is -2.19. The molecule has 1 aliphatic rings. The fourth-order valence-corrected chi connectivity index (χ4v) is 2.87. The Morgan fingerprint density at radius 3 is 2.96 bits per heavy atom. The Morgan fingerprint density at radius 1 is 1.50 bits per heavy atom. The van der Waals surface area contributed by atoms with Crippen LogP contribution in [0.15, 0.2) is 18.2 Å². The normalized spacial score (nSPS) is 18.2. The van der Waals surface area contributed by atoms with Crippen LogP contribution in [0.3, 0.4) is 0 Å². The number of ether oxygens (including phenoxy) is 2. The van der Waals surface area contributed by atoms with Gasteiger partial charge in [0.15, 0.2) is 12.4 Å². The predicted octanol–water partition coefficient (Wildman–Crippen LogP) is 1.32. The summed E-state index contributed by atoms with van der Waals surface area (Å²) in [6, 6.07) is 4.81. The van der Waals surface area contributed by atoms with E-state index in [4.69, 9.17) is 10.5 Å². The van der Waals surface area contributed by atoms with Crippen molar-refractivity contribution in [1.29, 1.82) is 0 Å². The van der Waals surface area contributed by atoms with Crippen molar-refractivity contribution in [1.82, 2.24) is 4.90 Å². The van der Waals surface area contributed by atoms with Crippen molar-refractivity contribution in [2.75, 3.05) is 33.4 Å². The quantitative estimate of drug-likeness (QED) is 0.454. The Labute approximate surface area is 140 Å². The maximum absolute atomic E-state index is 11.3. The molecule has 8 nitrogen and oxygen atoms in total. The topological polar surface area (TPSA) is 108 Å². The van der Waals surface area contributed by atoms with Crippen molar-refractivity contribution in [2.45, 2.75) is 19.4 Å². The number of esters is 1. The highest BCUT2D eigenvalue weighted by molar-refractivity contribution is 5.71. The third-order valence-corrected chi connectivity index (χ3v) is 4.14. The van der Waals surface area contributed by atoms with Gasteiger partial charge in [0, 0.05) is 19.2 Å². The second-order valence-corrected chi connectivity index (χ2v) is 5.90. The third-order valence-electron chi connectivity index (χ3n) is 4.14. The van der Waals surface area contributed by atoms with Gasteiger partial charge < -0.3 is 15.2 Å². The Balaban J connectivity index is 2.07. The molecule has 132 valence electrons. The van der Waals surface area contributed by atoms with Crippen LogP contribution < -0.4 is 10.5 Å². The molecule has 1 aromatic carbocycles. The third kappa shape index (κ3) is 4.90. The van der Waals surface area contributed by atoms with E-state index in [1.165, 1.54) is 19.2 Å². The summed E-state index contributed by atoms with van der Waals surface area (Å²) in [5.74, 6) is -0.0430. The van der Waals surface area contributed by atoms with Gasteiger partial charge in [-0.2, -0.15) is 0 Å². The number of likely N-dealkylation sites (tertiary alicyclic amines) is 1. The fraction of sp³-hybridized carbons (Fsp3) is 0.562. The number of hydrogen-bond acceptors (Lipinski definition) is 7. The summed E-state index contributed by atoms with van der Waals surface area (Å²) >= 11 is 0. The summed E-state index contributed by atoms with van der Waals surface area (Å²) in [6.07, 6.45) is 2.22. The van der Waals surface area contributed by atoms with Gasteiger partial charge in [-0.05, 0) is 43.5 Å². The van der Waals surface area contributed by atoms with E-state index in [1.54, 1.807) is 6.07 Å². The highest BCUT2D eigenvalue weighted by atomic mass is 16.6. The molecule has 1 unspecified atom stereocenters. The van der Waals surface area contributed by atoms with Gasteiger partial charge in [-0.25, -0.2) is 4.79 Å². The van der Waals surface area contributed by atoms with Crippen LogP contribution in [-0.2, 0) is 16.1 Å². The number of nitrogens with two attached hydrogens (primary N) is 1. The standard InChI is InChI=1S/C16H23N3O5/c1-23-16(20)11-24-15-5-4-12(7-14(15)19(21)22)9-18-6-2-3-13(8-17)10-18/h4-5,7,13H,2-3,6,8-11,17H2,1H3. The summed E-state index contributed by atoms with van der Waals surface area (Å²) in [5, 5.41) is 11.3. The SMILES string of the molecule is COC(=O)COc1ccc(CN2CCCC(CN)C2)cc1[N+](=O)[O-]. The monoisotopic (exact) mass is 337 g/mol. The average Bonchev–Trinajstić information content (AvgIpc) is 2.60. The number of benzene rings is 1. The van der Waals surface area contributed by atoms with Gasteiger partial charge in [-0.15, -0.1) is 0 Å². The summed E-state index contributed by atoms with van der Waals surface area (Å²) in [5.41, 5.74) is 6.43. The van der Waals surface area contributed by atoms with E-state index >= 15 is 0 Å². The van der Waals surface area contributed by atoms with Gasteiger partial charge in [-0.1, -0.05) is 6.07 Å². The zero-order valence-corrected chi connectivity index (χ0v) is 13.8. The van der Waals surface area contributed by atoms with E-state index in [0.717, 1.165) is 31.5 Å². The lowest BCUT2D eigenvalue weighted by Crippen LogP contribution is -2.37. The molecule has 24 heavy (non-hydrogen) atoms. The first-order valence-corrected chi connectivity index (χ1v) is 7.92. The molecule has 1 aromatic rings. The molecule has 2 rings (SSSR count). The first-order valence-electron chi connectivity index (χ1n) is 7.92. The van der Waals surface area contributed by atoms with Gasteiger partial charge in [0.05, 0.1) is 12.0 Å². The van der Waals surface area contributed by atoms with E-state index in [0.29, 0.717) is 19.0 Å². The second-order valence-electron chi connectivity index (χ2n) is 5.90. The number of nitro groups is 1. The molecule has 0 aliphatic carbocycles. The van der Waals surface area contributed by atoms with Crippen LogP contribution in [0.4, 0.5) is 5.69 Å². The van der Waals surface area contributed by atoms with Crippen LogP contribution in [0.1, 0.15) is 18.4 Å². The number of carbonyl (C=O) groups is 1. The highest BCUT2D eigenvalue weighted by Gasteiger charge is 2.21. The molecule has 0 radical (unpaired) electrons. The van der Waals surface area contributed by atoms with Crippen molar-refractivity contribution in [3.8, 4) is 5.75 Å². The van der Waals surface area contributed by atoms with E-state index in [9.17, 15) is 14.9 Å². The van der Waals surface area contributed by atoms with E-state index in [1.807, 2.05) is 0 Å². The molecule has 0 aromatic heterocycles. The molecule has 1 atom stereocenters. The molecule has 0 bridgehead atoms. The maximum atomic E-state index is 11.3. The molecule has 0 spiro atoms. The molecule has 2 N–H and O–H groups in total. The first-order chi connectivity index (χ1) is 11.5. The Morgan fingerprint density at radius 2 is 2.29 bits per heavy atom. The van der Waals surface area contributed by atoms with Crippen molar-refractivity contribution in [2.24, 2.45) is 11.7 Å². The molecule has 8 heteroatoms. The van der Waals surface area contributed by atoms with Gasteiger partial charge in [0.25, 0.3) is 0 Å². The van der Waals surface area contributed by atoms with Crippen LogP contribution in [0.25, 0.3) is 0 Å². The molecule has 0 saturated carbocycles. The largest absolute Gasteiger partial charge is 0.475 e. The number of carbonyl (C=O) groups excluding carboxylic acids is 1. The van der Waals surface area contributed by atoms with Gasteiger partial charge >= 0.3 is 11.7 Å². The Kier molecular flexibility index (Phi) is 6.51. The fourth-order valence-electron chi connectivity index (χ4n) is 2.87. The maximum Gasteiger partial charge on any atom is 0.343 e. The summed E-state index contributed by atoms with van der Waals surface area (Å²) in [4.78, 5) is 24.1. The number of nitrogens with zero attached hydrogens (tertiary/aromatic N) is 2. The minimum atomic E-state index is -0.588. The van der Waals surface area contributed by atoms with Crippen LogP contribution >= 0.6 is 0 Å². The number of piperidine rings is 1.